The molecule has 1 saturated heterocycles. The Kier molecular flexibility index (Phi) is 5.65. The highest BCUT2D eigenvalue weighted by atomic mass is 16.4. The Morgan fingerprint density at radius 2 is 2.00 bits per heavy atom. The molecule has 2 N–H and O–H groups in total. The molecule has 1 aliphatic rings. The Hall–Kier alpha value is -1.88. The zero-order valence-electron chi connectivity index (χ0n) is 14.7. The molecule has 1 aromatic rings. The molecule has 1 aromatic carbocycles. The van der Waals surface area contributed by atoms with E-state index in [1.165, 1.54) is 5.56 Å². The molecule has 2 rings (SSSR count). The van der Waals surface area contributed by atoms with Gasteiger partial charge in [-0.25, -0.2) is 0 Å². The Balaban J connectivity index is 2.05. The van der Waals surface area contributed by atoms with E-state index in [-0.39, 0.29) is 18.9 Å². The van der Waals surface area contributed by atoms with Crippen molar-refractivity contribution in [3.8, 4) is 0 Å². The van der Waals surface area contributed by atoms with Gasteiger partial charge in [-0.05, 0) is 43.4 Å². The molecule has 0 radical (unpaired) electrons. The van der Waals surface area contributed by atoms with Gasteiger partial charge in [0, 0.05) is 13.1 Å². The van der Waals surface area contributed by atoms with Crippen LogP contribution in [0.5, 0.6) is 0 Å². The molecule has 0 aliphatic carbocycles. The fraction of sp³-hybridized carbons (Fsp3) is 0.579. The van der Waals surface area contributed by atoms with Gasteiger partial charge in [0.2, 0.25) is 5.91 Å². The highest BCUT2D eigenvalue weighted by molar-refractivity contribution is 5.80. The lowest BCUT2D eigenvalue weighted by atomic mass is 9.72. The van der Waals surface area contributed by atoms with Gasteiger partial charge in [-0.3, -0.25) is 9.59 Å². The summed E-state index contributed by atoms with van der Waals surface area (Å²) in [5, 5.41) is 20.0. The lowest BCUT2D eigenvalue weighted by Gasteiger charge is -2.42. The minimum atomic E-state index is -1.12. The molecule has 5 heteroatoms. The predicted molar refractivity (Wildman–Crippen MR) is 91.8 cm³/mol. The number of aliphatic hydroxyl groups excluding tert-OH is 1. The molecular formula is C19H27NO4. The maximum absolute atomic E-state index is 12.5. The van der Waals surface area contributed by atoms with E-state index in [0.29, 0.717) is 25.8 Å². The number of aryl methyl sites for hydroxylation is 2. The second kappa shape index (κ2) is 7.34. The Bertz CT molecular complexity index is 628. The minimum absolute atomic E-state index is 0.0622. The van der Waals surface area contributed by atoms with E-state index < -0.39 is 17.5 Å². The van der Waals surface area contributed by atoms with Gasteiger partial charge in [0.25, 0.3) is 0 Å². The number of carbonyl (C=O) groups excluding carboxylic acids is 1. The van der Waals surface area contributed by atoms with Crippen molar-refractivity contribution in [2.45, 2.75) is 52.6 Å². The average Bonchev–Trinajstić information content (AvgIpc) is 2.52. The number of rotatable bonds is 5. The Morgan fingerprint density at radius 3 is 2.54 bits per heavy atom. The van der Waals surface area contributed by atoms with Crippen molar-refractivity contribution in [2.24, 2.45) is 5.41 Å². The third-order valence-corrected chi connectivity index (χ3v) is 5.26. The second-order valence-corrected chi connectivity index (χ2v) is 6.91. The van der Waals surface area contributed by atoms with E-state index in [4.69, 9.17) is 0 Å². The minimum Gasteiger partial charge on any atom is -0.481 e. The summed E-state index contributed by atoms with van der Waals surface area (Å²) >= 11 is 0. The number of benzene rings is 1. The molecule has 0 saturated carbocycles. The molecule has 0 unspecified atom stereocenters. The van der Waals surface area contributed by atoms with Crippen LogP contribution in [0.2, 0.25) is 0 Å². The molecule has 0 aromatic heterocycles. The number of carboxylic acids is 1. The van der Waals surface area contributed by atoms with Crippen molar-refractivity contribution in [3.63, 3.8) is 0 Å². The zero-order valence-corrected chi connectivity index (χ0v) is 14.7. The number of nitrogens with zero attached hydrogens (tertiary/aromatic N) is 1. The van der Waals surface area contributed by atoms with Gasteiger partial charge in [0.1, 0.15) is 0 Å². The first-order chi connectivity index (χ1) is 11.3. The van der Waals surface area contributed by atoms with Gasteiger partial charge in [-0.1, -0.05) is 31.5 Å². The fourth-order valence-electron chi connectivity index (χ4n) is 3.50. The first-order valence-electron chi connectivity index (χ1n) is 8.55. The van der Waals surface area contributed by atoms with Gasteiger partial charge < -0.3 is 15.1 Å². The average molecular weight is 333 g/mol. The molecule has 1 aliphatic heterocycles. The highest BCUT2D eigenvalue weighted by Crippen LogP contribution is 2.37. The number of aliphatic hydroxyl groups is 1. The molecule has 5 nitrogen and oxygen atoms in total. The first kappa shape index (κ1) is 18.5. The summed E-state index contributed by atoms with van der Waals surface area (Å²) in [5.41, 5.74) is 2.16. The molecule has 1 amide bonds. The van der Waals surface area contributed by atoms with E-state index in [1.54, 1.807) is 4.90 Å². The standard InChI is InChI=1S/C19H27NO4/c1-4-7-19(18(23)24)8-9-20(12-16(19)21)17(22)11-15-6-5-13(2)14(3)10-15/h5-6,10,16,21H,4,7-9,11-12H2,1-3H3,(H,23,24)/t16-,19-/m0/s1. The topological polar surface area (TPSA) is 77.8 Å². The van der Waals surface area contributed by atoms with Crippen LogP contribution in [0.4, 0.5) is 0 Å². The van der Waals surface area contributed by atoms with Gasteiger partial charge in [-0.15, -0.1) is 0 Å². The SMILES string of the molecule is CCC[C@]1(C(=O)O)CCN(C(=O)Cc2ccc(C)c(C)c2)C[C@@H]1O. The summed E-state index contributed by atoms with van der Waals surface area (Å²) in [6.45, 7) is 6.43. The van der Waals surface area contributed by atoms with Gasteiger partial charge in [0.15, 0.2) is 0 Å². The predicted octanol–water partition coefficient (Wildman–Crippen LogP) is 2.31. The Morgan fingerprint density at radius 1 is 1.29 bits per heavy atom. The van der Waals surface area contributed by atoms with E-state index in [9.17, 15) is 19.8 Å². The fourth-order valence-corrected chi connectivity index (χ4v) is 3.50. The zero-order chi connectivity index (χ0) is 17.9. The van der Waals surface area contributed by atoms with Crippen molar-refractivity contribution in [1.29, 1.82) is 0 Å². The van der Waals surface area contributed by atoms with E-state index in [2.05, 4.69) is 0 Å². The number of carbonyl (C=O) groups is 2. The first-order valence-corrected chi connectivity index (χ1v) is 8.55. The largest absolute Gasteiger partial charge is 0.481 e. The van der Waals surface area contributed by atoms with Crippen molar-refractivity contribution >= 4 is 11.9 Å². The van der Waals surface area contributed by atoms with Gasteiger partial charge in [0.05, 0.1) is 17.9 Å². The molecule has 132 valence electrons. The maximum atomic E-state index is 12.5. The normalized spacial score (nSPS) is 24.0. The summed E-state index contributed by atoms with van der Waals surface area (Å²) < 4.78 is 0. The second-order valence-electron chi connectivity index (χ2n) is 6.91. The monoisotopic (exact) mass is 333 g/mol. The molecule has 24 heavy (non-hydrogen) atoms. The van der Waals surface area contributed by atoms with Crippen molar-refractivity contribution < 1.29 is 19.8 Å². The van der Waals surface area contributed by atoms with E-state index in [1.807, 2.05) is 39.0 Å². The molecule has 1 fully saturated rings. The summed E-state index contributed by atoms with van der Waals surface area (Å²) in [7, 11) is 0. The van der Waals surface area contributed by atoms with E-state index in [0.717, 1.165) is 11.1 Å². The quantitative estimate of drug-likeness (QED) is 0.867. The van der Waals surface area contributed by atoms with Crippen molar-refractivity contribution in [2.75, 3.05) is 13.1 Å². The van der Waals surface area contributed by atoms with E-state index >= 15 is 0 Å². The Labute approximate surface area is 143 Å². The third kappa shape index (κ3) is 3.61. The number of likely N-dealkylation sites (tertiary alicyclic amines) is 1. The number of piperidine rings is 1. The number of amides is 1. The summed E-state index contributed by atoms with van der Waals surface area (Å²) in [5.74, 6) is -1.02. The third-order valence-electron chi connectivity index (χ3n) is 5.26. The summed E-state index contributed by atoms with van der Waals surface area (Å²) in [6, 6.07) is 5.95. The van der Waals surface area contributed by atoms with Crippen LogP contribution in [0, 0.1) is 19.3 Å². The van der Waals surface area contributed by atoms with Crippen LogP contribution >= 0.6 is 0 Å². The van der Waals surface area contributed by atoms with Crippen LogP contribution in [0.1, 0.15) is 42.9 Å². The molecule has 1 heterocycles. The highest BCUT2D eigenvalue weighted by Gasteiger charge is 2.48. The lowest BCUT2D eigenvalue weighted by molar-refractivity contribution is -0.167. The van der Waals surface area contributed by atoms with Crippen LogP contribution in [0.3, 0.4) is 0 Å². The van der Waals surface area contributed by atoms with Crippen LogP contribution in [0.15, 0.2) is 18.2 Å². The van der Waals surface area contributed by atoms with Gasteiger partial charge >= 0.3 is 5.97 Å². The van der Waals surface area contributed by atoms with Crippen LogP contribution < -0.4 is 0 Å². The molecule has 0 bridgehead atoms. The lowest BCUT2D eigenvalue weighted by Crippen LogP contribution is -2.56. The van der Waals surface area contributed by atoms with Crippen molar-refractivity contribution in [1.82, 2.24) is 4.90 Å². The number of aliphatic carboxylic acids is 1. The number of hydrogen-bond donors (Lipinski definition) is 2. The van der Waals surface area contributed by atoms with Crippen molar-refractivity contribution in [3.05, 3.63) is 34.9 Å². The molecule has 0 spiro atoms. The number of hydrogen-bond acceptors (Lipinski definition) is 3. The summed E-state index contributed by atoms with van der Waals surface area (Å²) in [6.07, 6.45) is 0.688. The smallest absolute Gasteiger partial charge is 0.312 e. The summed E-state index contributed by atoms with van der Waals surface area (Å²) in [4.78, 5) is 25.8. The van der Waals surface area contributed by atoms with Crippen LogP contribution in [-0.4, -0.2) is 46.2 Å². The van der Waals surface area contributed by atoms with Crippen LogP contribution in [-0.2, 0) is 16.0 Å². The maximum Gasteiger partial charge on any atom is 0.312 e. The molecule has 2 atom stereocenters. The van der Waals surface area contributed by atoms with Gasteiger partial charge in [-0.2, -0.15) is 0 Å². The van der Waals surface area contributed by atoms with Crippen LogP contribution in [0.25, 0.3) is 0 Å². The molecular weight excluding hydrogens is 306 g/mol. The number of β-amino-alcohol motifs (C(OH)–C–C–N with tert-alkyl or cyclic N) is 1. The number of carboxylic acid groups (broad SMARTS) is 1.